The highest BCUT2D eigenvalue weighted by Crippen LogP contribution is 2.19. The number of hydrogen-bond acceptors (Lipinski definition) is 2. The molecule has 0 aliphatic heterocycles. The van der Waals surface area contributed by atoms with Crippen molar-refractivity contribution in [3.8, 4) is 0 Å². The molecule has 1 aliphatic carbocycles. The van der Waals surface area contributed by atoms with E-state index in [-0.39, 0.29) is 11.9 Å². The normalized spacial score (nSPS) is 23.7. The van der Waals surface area contributed by atoms with Gasteiger partial charge in [0.25, 0.3) is 5.91 Å². The first-order valence-electron chi connectivity index (χ1n) is 7.14. The Labute approximate surface area is 115 Å². The summed E-state index contributed by atoms with van der Waals surface area (Å²) in [7, 11) is 0. The predicted molar refractivity (Wildman–Crippen MR) is 76.3 cm³/mol. The van der Waals surface area contributed by atoms with Crippen molar-refractivity contribution < 1.29 is 9.90 Å². The molecule has 2 unspecified atom stereocenters. The van der Waals surface area contributed by atoms with Crippen molar-refractivity contribution in [2.45, 2.75) is 58.1 Å². The molecule has 0 spiro atoms. The Hall–Kier alpha value is -1.35. The zero-order valence-electron chi connectivity index (χ0n) is 11.8. The van der Waals surface area contributed by atoms with E-state index in [2.05, 4.69) is 5.32 Å². The number of benzene rings is 1. The summed E-state index contributed by atoms with van der Waals surface area (Å²) >= 11 is 0. The molecule has 1 aliphatic rings. The monoisotopic (exact) mass is 261 g/mol. The Morgan fingerprint density at radius 1 is 1.21 bits per heavy atom. The van der Waals surface area contributed by atoms with Gasteiger partial charge in [0.2, 0.25) is 0 Å². The smallest absolute Gasteiger partial charge is 0.251 e. The number of carbonyl (C=O) groups is 1. The van der Waals surface area contributed by atoms with Gasteiger partial charge in [0.1, 0.15) is 0 Å². The fourth-order valence-corrected chi connectivity index (χ4v) is 2.68. The van der Waals surface area contributed by atoms with Gasteiger partial charge in [-0.15, -0.1) is 0 Å². The summed E-state index contributed by atoms with van der Waals surface area (Å²) in [5, 5.41) is 13.1. The van der Waals surface area contributed by atoms with Crippen LogP contribution in [0.15, 0.2) is 18.2 Å². The molecule has 1 saturated carbocycles. The van der Waals surface area contributed by atoms with Gasteiger partial charge in [-0.1, -0.05) is 37.0 Å². The Balaban J connectivity index is 2.09. The van der Waals surface area contributed by atoms with Gasteiger partial charge < -0.3 is 10.4 Å². The Morgan fingerprint density at radius 2 is 1.95 bits per heavy atom. The van der Waals surface area contributed by atoms with E-state index in [1.165, 1.54) is 0 Å². The van der Waals surface area contributed by atoms with Crippen LogP contribution in [-0.4, -0.2) is 23.2 Å². The molecule has 19 heavy (non-hydrogen) atoms. The summed E-state index contributed by atoms with van der Waals surface area (Å²) in [4.78, 5) is 12.3. The topological polar surface area (TPSA) is 49.3 Å². The summed E-state index contributed by atoms with van der Waals surface area (Å²) in [6.07, 6.45) is 4.53. The Kier molecular flexibility index (Phi) is 4.59. The summed E-state index contributed by atoms with van der Waals surface area (Å²) in [6.45, 7) is 3.93. The average Bonchev–Trinajstić information content (AvgIpc) is 2.58. The second-order valence-corrected chi connectivity index (χ2v) is 5.60. The average molecular weight is 261 g/mol. The van der Waals surface area contributed by atoms with Gasteiger partial charge in [0, 0.05) is 5.56 Å². The van der Waals surface area contributed by atoms with Gasteiger partial charge >= 0.3 is 0 Å². The van der Waals surface area contributed by atoms with Gasteiger partial charge in [-0.25, -0.2) is 0 Å². The molecule has 2 rings (SSSR count). The van der Waals surface area contributed by atoms with E-state index in [0.29, 0.717) is 0 Å². The van der Waals surface area contributed by atoms with Crippen molar-refractivity contribution in [3.63, 3.8) is 0 Å². The van der Waals surface area contributed by atoms with Crippen LogP contribution in [0, 0.1) is 13.8 Å². The van der Waals surface area contributed by atoms with Crippen LogP contribution in [0.4, 0.5) is 0 Å². The molecule has 1 aromatic rings. The zero-order valence-corrected chi connectivity index (χ0v) is 11.8. The maximum absolute atomic E-state index is 12.3. The fraction of sp³-hybridized carbons (Fsp3) is 0.562. The zero-order chi connectivity index (χ0) is 13.8. The van der Waals surface area contributed by atoms with E-state index >= 15 is 0 Å². The molecule has 104 valence electrons. The largest absolute Gasteiger partial charge is 0.391 e. The molecule has 0 bridgehead atoms. The minimum Gasteiger partial charge on any atom is -0.391 e. The lowest BCUT2D eigenvalue weighted by molar-refractivity contribution is 0.0818. The number of rotatable bonds is 2. The molecule has 3 nitrogen and oxygen atoms in total. The van der Waals surface area contributed by atoms with E-state index in [1.54, 1.807) is 0 Å². The molecule has 1 fully saturated rings. The molecular formula is C16H23NO2. The molecule has 0 aromatic heterocycles. The quantitative estimate of drug-likeness (QED) is 0.804. The maximum atomic E-state index is 12.3. The van der Waals surface area contributed by atoms with Crippen LogP contribution in [0.1, 0.15) is 53.6 Å². The minimum absolute atomic E-state index is 0.0628. The molecule has 0 saturated heterocycles. The van der Waals surface area contributed by atoms with E-state index in [9.17, 15) is 9.90 Å². The van der Waals surface area contributed by atoms with Crippen molar-refractivity contribution in [2.24, 2.45) is 0 Å². The first-order chi connectivity index (χ1) is 9.08. The molecule has 3 heteroatoms. The number of aliphatic hydroxyl groups is 1. The number of aliphatic hydroxyl groups excluding tert-OH is 1. The third kappa shape index (κ3) is 3.57. The van der Waals surface area contributed by atoms with Crippen LogP contribution >= 0.6 is 0 Å². The maximum Gasteiger partial charge on any atom is 0.251 e. The van der Waals surface area contributed by atoms with Crippen molar-refractivity contribution >= 4 is 5.91 Å². The predicted octanol–water partition coefficient (Wildman–Crippen LogP) is 2.73. The number of amides is 1. The van der Waals surface area contributed by atoms with Crippen LogP contribution in [-0.2, 0) is 0 Å². The highest BCUT2D eigenvalue weighted by molar-refractivity contribution is 5.96. The van der Waals surface area contributed by atoms with Gasteiger partial charge in [0.15, 0.2) is 0 Å². The fourth-order valence-electron chi connectivity index (χ4n) is 2.68. The van der Waals surface area contributed by atoms with E-state index < -0.39 is 6.10 Å². The lowest BCUT2D eigenvalue weighted by atomic mass is 10.0. The van der Waals surface area contributed by atoms with Gasteiger partial charge in [-0.3, -0.25) is 4.79 Å². The highest BCUT2D eigenvalue weighted by Gasteiger charge is 2.24. The van der Waals surface area contributed by atoms with Crippen molar-refractivity contribution in [1.29, 1.82) is 0 Å². The molecule has 2 N–H and O–H groups in total. The lowest BCUT2D eigenvalue weighted by Crippen LogP contribution is -2.42. The Bertz CT molecular complexity index is 456. The van der Waals surface area contributed by atoms with Gasteiger partial charge in [-0.05, 0) is 38.3 Å². The van der Waals surface area contributed by atoms with E-state index in [4.69, 9.17) is 0 Å². The number of hydrogen-bond donors (Lipinski definition) is 2. The number of nitrogens with one attached hydrogen (secondary N) is 1. The van der Waals surface area contributed by atoms with E-state index in [0.717, 1.165) is 48.8 Å². The van der Waals surface area contributed by atoms with Gasteiger partial charge in [-0.2, -0.15) is 0 Å². The highest BCUT2D eigenvalue weighted by atomic mass is 16.3. The Morgan fingerprint density at radius 3 is 2.74 bits per heavy atom. The molecule has 2 atom stereocenters. The molecular weight excluding hydrogens is 238 g/mol. The standard InChI is InChI=1S/C16H23NO2/c1-11-8-9-12(2)13(10-11)16(19)17-14-6-4-3-5-7-15(14)18/h8-10,14-15,18H,3-7H2,1-2H3,(H,17,19). The third-order valence-electron chi connectivity index (χ3n) is 3.93. The summed E-state index contributed by atoms with van der Waals surface area (Å²) in [5.41, 5.74) is 2.78. The second kappa shape index (κ2) is 6.20. The lowest BCUT2D eigenvalue weighted by Gasteiger charge is -2.22. The van der Waals surface area contributed by atoms with Crippen LogP contribution in [0.5, 0.6) is 0 Å². The summed E-state index contributed by atoms with van der Waals surface area (Å²) < 4.78 is 0. The van der Waals surface area contributed by atoms with Crippen molar-refractivity contribution in [1.82, 2.24) is 5.32 Å². The second-order valence-electron chi connectivity index (χ2n) is 5.60. The third-order valence-corrected chi connectivity index (χ3v) is 3.93. The SMILES string of the molecule is Cc1ccc(C)c(C(=O)NC2CCCCCC2O)c1. The molecule has 1 amide bonds. The van der Waals surface area contributed by atoms with Crippen molar-refractivity contribution in [2.75, 3.05) is 0 Å². The van der Waals surface area contributed by atoms with Crippen LogP contribution < -0.4 is 5.32 Å². The number of carbonyl (C=O) groups excluding carboxylic acids is 1. The number of aryl methyl sites for hydroxylation is 2. The molecule has 0 radical (unpaired) electrons. The molecule has 1 aromatic carbocycles. The molecule has 0 heterocycles. The van der Waals surface area contributed by atoms with Crippen molar-refractivity contribution in [3.05, 3.63) is 34.9 Å². The first-order valence-corrected chi connectivity index (χ1v) is 7.14. The van der Waals surface area contributed by atoms with Crippen LogP contribution in [0.25, 0.3) is 0 Å². The van der Waals surface area contributed by atoms with Crippen LogP contribution in [0.2, 0.25) is 0 Å². The summed E-state index contributed by atoms with van der Waals surface area (Å²) in [6, 6.07) is 5.78. The minimum atomic E-state index is -0.406. The van der Waals surface area contributed by atoms with E-state index in [1.807, 2.05) is 32.0 Å². The summed E-state index contributed by atoms with van der Waals surface area (Å²) in [5.74, 6) is -0.0628. The van der Waals surface area contributed by atoms with Crippen LogP contribution in [0.3, 0.4) is 0 Å². The first kappa shape index (κ1) is 14.1. The van der Waals surface area contributed by atoms with Gasteiger partial charge in [0.05, 0.1) is 12.1 Å².